The molecule has 0 radical (unpaired) electrons. The Balaban J connectivity index is 1.56. The molecular weight excluding hydrogens is 368 g/mol. The zero-order chi connectivity index (χ0) is 19.5. The first-order valence-corrected chi connectivity index (χ1v) is 10.8. The minimum absolute atomic E-state index is 0.136. The number of aromatic nitrogens is 2. The number of rotatable bonds is 4. The fourth-order valence-corrected chi connectivity index (χ4v) is 5.20. The van der Waals surface area contributed by atoms with Crippen LogP contribution in [0, 0.1) is 6.92 Å². The number of nitrogens with zero attached hydrogens (tertiary/aromatic N) is 3. The Kier molecular flexibility index (Phi) is 5.57. The van der Waals surface area contributed by atoms with Crippen LogP contribution in [0.15, 0.2) is 36.7 Å². The fraction of sp³-hybridized carbons (Fsp3) is 0.409. The Morgan fingerprint density at radius 2 is 2.04 bits per heavy atom. The predicted octanol–water partition coefficient (Wildman–Crippen LogP) is 4.84. The summed E-state index contributed by atoms with van der Waals surface area (Å²) in [7, 11) is 0. The molecule has 0 aliphatic carbocycles. The summed E-state index contributed by atoms with van der Waals surface area (Å²) in [5.74, 6) is 1.49. The lowest BCUT2D eigenvalue weighted by Crippen LogP contribution is -2.31. The Bertz CT molecular complexity index is 969. The summed E-state index contributed by atoms with van der Waals surface area (Å²) in [5.41, 5.74) is 2.38. The van der Waals surface area contributed by atoms with Crippen LogP contribution in [0.25, 0.3) is 10.2 Å². The van der Waals surface area contributed by atoms with Crippen molar-refractivity contribution in [2.45, 2.75) is 39.0 Å². The van der Waals surface area contributed by atoms with E-state index in [2.05, 4.69) is 45.6 Å². The number of amides is 1. The van der Waals surface area contributed by atoms with E-state index in [9.17, 15) is 4.79 Å². The first-order chi connectivity index (χ1) is 13.7. The molecule has 3 heterocycles. The molecule has 4 rings (SSSR count). The van der Waals surface area contributed by atoms with Crippen molar-refractivity contribution in [1.82, 2.24) is 14.9 Å². The van der Waals surface area contributed by atoms with Gasteiger partial charge in [0.2, 0.25) is 0 Å². The van der Waals surface area contributed by atoms with Crippen LogP contribution in [-0.4, -0.2) is 40.4 Å². The van der Waals surface area contributed by atoms with Gasteiger partial charge in [-0.25, -0.2) is 9.97 Å². The number of carbonyl (C=O) groups is 1. The van der Waals surface area contributed by atoms with Gasteiger partial charge >= 0.3 is 0 Å². The maximum atomic E-state index is 13.3. The molecular formula is C22H26N4OS. The number of nitrogens with one attached hydrogen (secondary N) is 1. The highest BCUT2D eigenvalue weighted by Crippen LogP contribution is 2.35. The van der Waals surface area contributed by atoms with Crippen molar-refractivity contribution in [1.29, 1.82) is 0 Å². The zero-order valence-corrected chi connectivity index (χ0v) is 17.3. The molecule has 1 atom stereocenters. The Morgan fingerprint density at radius 3 is 2.82 bits per heavy atom. The minimum atomic E-state index is 0.136. The first-order valence-electron chi connectivity index (χ1n) is 10.0. The summed E-state index contributed by atoms with van der Waals surface area (Å²) in [6.07, 6.45) is 4.76. The lowest BCUT2D eigenvalue weighted by molar-refractivity contribution is 0.0765. The highest BCUT2D eigenvalue weighted by molar-refractivity contribution is 7.20. The molecule has 6 heteroatoms. The van der Waals surface area contributed by atoms with Crippen molar-refractivity contribution >= 4 is 33.3 Å². The van der Waals surface area contributed by atoms with E-state index in [0.717, 1.165) is 65.4 Å². The summed E-state index contributed by atoms with van der Waals surface area (Å²) in [6.45, 7) is 6.47. The largest absolute Gasteiger partial charge is 0.370 e. The van der Waals surface area contributed by atoms with Gasteiger partial charge in [0.25, 0.3) is 5.91 Å². The molecule has 2 aromatic heterocycles. The third-order valence-electron chi connectivity index (χ3n) is 5.55. The summed E-state index contributed by atoms with van der Waals surface area (Å²) in [6, 6.07) is 10.7. The molecule has 146 valence electrons. The average molecular weight is 395 g/mol. The van der Waals surface area contributed by atoms with Gasteiger partial charge in [-0.15, -0.1) is 11.3 Å². The second-order valence-corrected chi connectivity index (χ2v) is 8.32. The number of hydrogen-bond donors (Lipinski definition) is 1. The second-order valence-electron chi connectivity index (χ2n) is 7.32. The lowest BCUT2D eigenvalue weighted by Gasteiger charge is -2.20. The van der Waals surface area contributed by atoms with Crippen molar-refractivity contribution < 1.29 is 4.79 Å². The monoisotopic (exact) mass is 394 g/mol. The van der Waals surface area contributed by atoms with Gasteiger partial charge in [0.05, 0.1) is 10.3 Å². The predicted molar refractivity (Wildman–Crippen MR) is 115 cm³/mol. The van der Waals surface area contributed by atoms with Gasteiger partial charge in [-0.3, -0.25) is 4.79 Å². The molecule has 1 aliphatic heterocycles. The standard InChI is InChI=1S/C22H26N4OS/c1-3-23-20-18-15(2)19(28-21(18)25-14-24-20)22(27)26-12-7-10-17(11-13-26)16-8-5-4-6-9-16/h4-6,8-9,14,17H,3,7,10-13H2,1-2H3,(H,23,24,25). The molecule has 1 fully saturated rings. The van der Waals surface area contributed by atoms with E-state index in [1.54, 1.807) is 6.33 Å². The second kappa shape index (κ2) is 8.27. The van der Waals surface area contributed by atoms with E-state index < -0.39 is 0 Å². The molecule has 28 heavy (non-hydrogen) atoms. The van der Waals surface area contributed by atoms with E-state index in [1.165, 1.54) is 16.9 Å². The van der Waals surface area contributed by atoms with E-state index in [1.807, 2.05) is 18.7 Å². The summed E-state index contributed by atoms with van der Waals surface area (Å²) in [5, 5.41) is 4.27. The number of carbonyl (C=O) groups excluding carboxylic acids is 1. The number of benzene rings is 1. The molecule has 1 N–H and O–H groups in total. The topological polar surface area (TPSA) is 58.1 Å². The van der Waals surface area contributed by atoms with Gasteiger partial charge < -0.3 is 10.2 Å². The number of anilines is 1. The van der Waals surface area contributed by atoms with Gasteiger partial charge in [-0.2, -0.15) is 0 Å². The Morgan fingerprint density at radius 1 is 1.21 bits per heavy atom. The van der Waals surface area contributed by atoms with Crippen LogP contribution in [0.1, 0.15) is 52.9 Å². The molecule has 1 amide bonds. The SMILES string of the molecule is CCNc1ncnc2sc(C(=O)N3CCCC(c4ccccc4)CC3)c(C)c12. The number of fused-ring (bicyclic) bond motifs is 1. The van der Waals surface area contributed by atoms with Gasteiger partial charge in [-0.05, 0) is 50.2 Å². The Labute approximate surface area is 169 Å². The van der Waals surface area contributed by atoms with Crippen LogP contribution in [0.3, 0.4) is 0 Å². The van der Waals surface area contributed by atoms with Crippen LogP contribution >= 0.6 is 11.3 Å². The number of hydrogen-bond acceptors (Lipinski definition) is 5. The molecule has 1 aliphatic rings. The molecule has 0 saturated carbocycles. The summed E-state index contributed by atoms with van der Waals surface area (Å²) >= 11 is 1.49. The van der Waals surface area contributed by atoms with Crippen molar-refractivity contribution in [3.63, 3.8) is 0 Å². The maximum absolute atomic E-state index is 13.3. The van der Waals surface area contributed by atoms with Crippen LogP contribution in [-0.2, 0) is 0 Å². The third-order valence-corrected chi connectivity index (χ3v) is 6.74. The zero-order valence-electron chi connectivity index (χ0n) is 16.4. The van der Waals surface area contributed by atoms with Crippen molar-refractivity contribution in [3.8, 4) is 0 Å². The number of aryl methyl sites for hydroxylation is 1. The minimum Gasteiger partial charge on any atom is -0.370 e. The van der Waals surface area contributed by atoms with Crippen molar-refractivity contribution in [2.24, 2.45) is 0 Å². The lowest BCUT2D eigenvalue weighted by atomic mass is 9.92. The molecule has 1 aromatic carbocycles. The molecule has 1 saturated heterocycles. The molecule has 1 unspecified atom stereocenters. The highest BCUT2D eigenvalue weighted by Gasteiger charge is 2.26. The van der Waals surface area contributed by atoms with Gasteiger partial charge in [0.1, 0.15) is 17.0 Å². The van der Waals surface area contributed by atoms with Crippen LogP contribution in [0.5, 0.6) is 0 Å². The van der Waals surface area contributed by atoms with Crippen LogP contribution in [0.4, 0.5) is 5.82 Å². The summed E-state index contributed by atoms with van der Waals surface area (Å²) < 4.78 is 0. The molecule has 0 bridgehead atoms. The van der Waals surface area contributed by atoms with E-state index in [4.69, 9.17) is 0 Å². The van der Waals surface area contributed by atoms with E-state index in [-0.39, 0.29) is 5.91 Å². The van der Waals surface area contributed by atoms with E-state index in [0.29, 0.717) is 5.92 Å². The van der Waals surface area contributed by atoms with Crippen LogP contribution < -0.4 is 5.32 Å². The Hall–Kier alpha value is -2.47. The smallest absolute Gasteiger partial charge is 0.264 e. The quantitative estimate of drug-likeness (QED) is 0.688. The van der Waals surface area contributed by atoms with E-state index >= 15 is 0 Å². The summed E-state index contributed by atoms with van der Waals surface area (Å²) in [4.78, 5) is 25.8. The van der Waals surface area contributed by atoms with Crippen LogP contribution in [0.2, 0.25) is 0 Å². The van der Waals surface area contributed by atoms with Gasteiger partial charge in [0.15, 0.2) is 0 Å². The van der Waals surface area contributed by atoms with Crippen molar-refractivity contribution in [2.75, 3.05) is 25.0 Å². The van der Waals surface area contributed by atoms with Crippen molar-refractivity contribution in [3.05, 3.63) is 52.7 Å². The molecule has 0 spiro atoms. The normalized spacial score (nSPS) is 17.5. The maximum Gasteiger partial charge on any atom is 0.264 e. The third kappa shape index (κ3) is 3.61. The number of likely N-dealkylation sites (tertiary alicyclic amines) is 1. The highest BCUT2D eigenvalue weighted by atomic mass is 32.1. The first kappa shape index (κ1) is 18.9. The molecule has 5 nitrogen and oxygen atoms in total. The molecule has 3 aromatic rings. The van der Waals surface area contributed by atoms with Gasteiger partial charge in [-0.1, -0.05) is 30.3 Å². The number of thiophene rings is 1. The average Bonchev–Trinajstić information content (AvgIpc) is 2.90. The van der Waals surface area contributed by atoms with Gasteiger partial charge in [0, 0.05) is 19.6 Å². The fourth-order valence-electron chi connectivity index (χ4n) is 4.08.